The summed E-state index contributed by atoms with van der Waals surface area (Å²) in [6.45, 7) is 2.20. The van der Waals surface area contributed by atoms with Gasteiger partial charge in [-0.3, -0.25) is 0 Å². The Kier molecular flexibility index (Phi) is 7.21. The molecule has 0 saturated heterocycles. The fourth-order valence-corrected chi connectivity index (χ4v) is 3.79. The van der Waals surface area contributed by atoms with Gasteiger partial charge in [0.15, 0.2) is 0 Å². The number of carboxylic acid groups (broad SMARTS) is 1. The Morgan fingerprint density at radius 1 is 1.33 bits per heavy atom. The molecule has 1 rings (SSSR count). The molecular formula is C14H21NO4S2. The molecule has 0 radical (unpaired) electrons. The molecule has 2 N–H and O–H groups in total. The molecule has 118 valence electrons. The molecule has 21 heavy (non-hydrogen) atoms. The van der Waals surface area contributed by atoms with Crippen molar-refractivity contribution >= 4 is 27.8 Å². The summed E-state index contributed by atoms with van der Waals surface area (Å²) in [6.07, 6.45) is 4.25. The average Bonchev–Trinajstić information content (AvgIpc) is 2.46. The highest BCUT2D eigenvalue weighted by atomic mass is 32.2. The van der Waals surface area contributed by atoms with Crippen LogP contribution in [0.3, 0.4) is 0 Å². The number of aryl methyl sites for hydroxylation is 1. The Morgan fingerprint density at radius 2 is 2.05 bits per heavy atom. The molecule has 0 aromatic heterocycles. The summed E-state index contributed by atoms with van der Waals surface area (Å²) >= 11 is 1.72. The molecule has 0 spiro atoms. The molecule has 0 heterocycles. The van der Waals surface area contributed by atoms with E-state index in [1.165, 1.54) is 12.1 Å². The van der Waals surface area contributed by atoms with Crippen LogP contribution in [0.2, 0.25) is 0 Å². The minimum absolute atomic E-state index is 0.0186. The van der Waals surface area contributed by atoms with E-state index in [9.17, 15) is 13.2 Å². The molecule has 0 bridgehead atoms. The molecule has 7 heteroatoms. The second-order valence-corrected chi connectivity index (χ2v) is 7.30. The maximum atomic E-state index is 12.3. The minimum atomic E-state index is -3.67. The van der Waals surface area contributed by atoms with Gasteiger partial charge in [0, 0.05) is 6.54 Å². The van der Waals surface area contributed by atoms with Crippen molar-refractivity contribution in [2.75, 3.05) is 18.6 Å². The Labute approximate surface area is 130 Å². The highest BCUT2D eigenvalue weighted by Crippen LogP contribution is 2.18. The molecule has 0 unspecified atom stereocenters. The van der Waals surface area contributed by atoms with Gasteiger partial charge in [0.25, 0.3) is 0 Å². The van der Waals surface area contributed by atoms with Gasteiger partial charge in [-0.1, -0.05) is 13.0 Å². The lowest BCUT2D eigenvalue weighted by atomic mass is 10.1. The molecule has 0 aliphatic rings. The zero-order valence-corrected chi connectivity index (χ0v) is 13.9. The third-order valence-electron chi connectivity index (χ3n) is 3.05. The van der Waals surface area contributed by atoms with Gasteiger partial charge in [-0.15, -0.1) is 0 Å². The van der Waals surface area contributed by atoms with Crippen LogP contribution in [0.15, 0.2) is 23.1 Å². The van der Waals surface area contributed by atoms with Gasteiger partial charge in [-0.25, -0.2) is 17.9 Å². The van der Waals surface area contributed by atoms with E-state index in [0.717, 1.165) is 18.6 Å². The summed E-state index contributed by atoms with van der Waals surface area (Å²) in [5.74, 6) is -0.134. The van der Waals surface area contributed by atoms with Crippen LogP contribution in [-0.2, 0) is 16.4 Å². The summed E-state index contributed by atoms with van der Waals surface area (Å²) < 4.78 is 27.2. The number of rotatable bonds is 9. The SMILES string of the molecule is CCc1ccc(C(=O)O)cc1S(=O)(=O)NCCCCSC. The van der Waals surface area contributed by atoms with Crippen LogP contribution in [0.25, 0.3) is 0 Å². The lowest BCUT2D eigenvalue weighted by Crippen LogP contribution is -2.26. The lowest BCUT2D eigenvalue weighted by molar-refractivity contribution is 0.0696. The second-order valence-electron chi connectivity index (χ2n) is 4.58. The second kappa shape index (κ2) is 8.41. The number of hydrogen-bond donors (Lipinski definition) is 2. The van der Waals surface area contributed by atoms with Crippen molar-refractivity contribution in [2.24, 2.45) is 0 Å². The molecule has 0 aliphatic carbocycles. The molecule has 0 fully saturated rings. The first-order valence-corrected chi connectivity index (χ1v) is 9.65. The summed E-state index contributed by atoms with van der Waals surface area (Å²) in [5, 5.41) is 8.99. The Balaban J connectivity index is 2.90. The number of aromatic carboxylic acids is 1. The molecule has 0 saturated carbocycles. The van der Waals surface area contributed by atoms with Crippen LogP contribution >= 0.6 is 11.8 Å². The molecule has 5 nitrogen and oxygen atoms in total. The average molecular weight is 331 g/mol. The lowest BCUT2D eigenvalue weighted by Gasteiger charge is -2.11. The van der Waals surface area contributed by atoms with E-state index in [2.05, 4.69) is 4.72 Å². The van der Waals surface area contributed by atoms with Crippen molar-refractivity contribution in [3.63, 3.8) is 0 Å². The maximum absolute atomic E-state index is 12.3. The van der Waals surface area contributed by atoms with Crippen LogP contribution in [0, 0.1) is 0 Å². The van der Waals surface area contributed by atoms with Crippen molar-refractivity contribution in [2.45, 2.75) is 31.1 Å². The number of benzene rings is 1. The van der Waals surface area contributed by atoms with Crippen LogP contribution in [0.4, 0.5) is 0 Å². The topological polar surface area (TPSA) is 83.5 Å². The summed E-state index contributed by atoms with van der Waals surface area (Å²) in [7, 11) is -3.67. The highest BCUT2D eigenvalue weighted by Gasteiger charge is 2.19. The van der Waals surface area contributed by atoms with Gasteiger partial charge in [0.2, 0.25) is 10.0 Å². The number of hydrogen-bond acceptors (Lipinski definition) is 4. The normalized spacial score (nSPS) is 11.5. The van der Waals surface area contributed by atoms with Gasteiger partial charge in [-0.05, 0) is 49.0 Å². The standard InChI is InChI=1S/C14H21NO4S2/c1-3-11-6-7-12(14(16)17)10-13(11)21(18,19)15-8-4-5-9-20-2/h6-7,10,15H,3-5,8-9H2,1-2H3,(H,16,17). The fourth-order valence-electron chi connectivity index (χ4n) is 1.89. The summed E-state index contributed by atoms with van der Waals surface area (Å²) in [5.41, 5.74) is 0.603. The first kappa shape index (κ1) is 18.0. The first-order chi connectivity index (χ1) is 9.92. The Hall–Kier alpha value is -1.05. The first-order valence-electron chi connectivity index (χ1n) is 6.77. The number of carbonyl (C=O) groups is 1. The van der Waals surface area contributed by atoms with Crippen molar-refractivity contribution in [1.29, 1.82) is 0 Å². The van der Waals surface area contributed by atoms with E-state index in [-0.39, 0.29) is 10.5 Å². The fraction of sp³-hybridized carbons (Fsp3) is 0.500. The van der Waals surface area contributed by atoms with Gasteiger partial charge < -0.3 is 5.11 Å². The van der Waals surface area contributed by atoms with Gasteiger partial charge >= 0.3 is 5.97 Å². The molecular weight excluding hydrogens is 310 g/mol. The van der Waals surface area contributed by atoms with Crippen LogP contribution in [-0.4, -0.2) is 38.0 Å². The third-order valence-corrected chi connectivity index (χ3v) is 5.29. The van der Waals surface area contributed by atoms with Gasteiger partial charge in [-0.2, -0.15) is 11.8 Å². The van der Waals surface area contributed by atoms with E-state index in [1.807, 2.05) is 13.2 Å². The van der Waals surface area contributed by atoms with Gasteiger partial charge in [0.05, 0.1) is 10.5 Å². The zero-order valence-electron chi connectivity index (χ0n) is 12.3. The molecule has 1 aromatic rings. The Morgan fingerprint density at radius 3 is 2.62 bits per heavy atom. The van der Waals surface area contributed by atoms with Gasteiger partial charge in [0.1, 0.15) is 0 Å². The number of sulfonamides is 1. The summed E-state index contributed by atoms with van der Waals surface area (Å²) in [6, 6.07) is 4.22. The van der Waals surface area contributed by atoms with E-state index in [4.69, 9.17) is 5.11 Å². The summed E-state index contributed by atoms with van der Waals surface area (Å²) in [4.78, 5) is 11.1. The largest absolute Gasteiger partial charge is 0.478 e. The molecule has 0 amide bonds. The van der Waals surface area contributed by atoms with Crippen molar-refractivity contribution in [3.05, 3.63) is 29.3 Å². The van der Waals surface area contributed by atoms with E-state index >= 15 is 0 Å². The quantitative estimate of drug-likeness (QED) is 0.679. The van der Waals surface area contributed by atoms with E-state index in [1.54, 1.807) is 17.8 Å². The predicted molar refractivity (Wildman–Crippen MR) is 85.6 cm³/mol. The predicted octanol–water partition coefficient (Wildman–Crippen LogP) is 2.37. The smallest absolute Gasteiger partial charge is 0.335 e. The maximum Gasteiger partial charge on any atom is 0.335 e. The Bertz CT molecular complexity index is 585. The van der Waals surface area contributed by atoms with E-state index in [0.29, 0.717) is 18.5 Å². The number of thioether (sulfide) groups is 1. The minimum Gasteiger partial charge on any atom is -0.478 e. The van der Waals surface area contributed by atoms with Crippen molar-refractivity contribution in [3.8, 4) is 0 Å². The van der Waals surface area contributed by atoms with Crippen LogP contribution in [0.5, 0.6) is 0 Å². The molecule has 1 aromatic carbocycles. The number of carboxylic acids is 1. The number of unbranched alkanes of at least 4 members (excludes halogenated alkanes) is 1. The van der Waals surface area contributed by atoms with Crippen LogP contribution in [0.1, 0.15) is 35.7 Å². The van der Waals surface area contributed by atoms with Crippen LogP contribution < -0.4 is 4.72 Å². The van der Waals surface area contributed by atoms with E-state index < -0.39 is 16.0 Å². The zero-order chi connectivity index (χ0) is 15.9. The third kappa shape index (κ3) is 5.33. The van der Waals surface area contributed by atoms with Crippen molar-refractivity contribution < 1.29 is 18.3 Å². The molecule has 0 aliphatic heterocycles. The van der Waals surface area contributed by atoms with Crippen molar-refractivity contribution in [1.82, 2.24) is 4.72 Å². The molecule has 0 atom stereocenters. The monoisotopic (exact) mass is 331 g/mol. The highest BCUT2D eigenvalue weighted by molar-refractivity contribution is 7.98. The number of nitrogens with one attached hydrogen (secondary N) is 1.